The van der Waals surface area contributed by atoms with Gasteiger partial charge in [0.05, 0.1) is 17.0 Å². The minimum Gasteiger partial charge on any atom is -0.352 e. The predicted molar refractivity (Wildman–Crippen MR) is 107 cm³/mol. The number of benzene rings is 2. The molecule has 1 aromatic heterocycles. The largest absolute Gasteiger partial charge is 0.352 e. The quantitative estimate of drug-likeness (QED) is 0.671. The van der Waals surface area contributed by atoms with Gasteiger partial charge in [-0.05, 0) is 31.2 Å². The lowest BCUT2D eigenvalue weighted by atomic mass is 9.95. The van der Waals surface area contributed by atoms with E-state index in [0.29, 0.717) is 11.5 Å². The van der Waals surface area contributed by atoms with Crippen LogP contribution in [0.5, 0.6) is 0 Å². The third-order valence-electron chi connectivity index (χ3n) is 4.21. The maximum Gasteiger partial charge on any atom is 0.213 e. The first-order valence-electron chi connectivity index (χ1n) is 8.30. The number of aromatic nitrogens is 2. The molecule has 0 radical (unpaired) electrons. The Bertz CT molecular complexity index is 1110. The number of fused-ring (bicyclic) bond motifs is 1. The summed E-state index contributed by atoms with van der Waals surface area (Å²) in [6.07, 6.45) is 1.30. The average Bonchev–Trinajstić information content (AvgIpc) is 2.66. The first kappa shape index (κ1) is 17.3. The van der Waals surface area contributed by atoms with Gasteiger partial charge in [-0.1, -0.05) is 46.3 Å². The van der Waals surface area contributed by atoms with Crippen molar-refractivity contribution in [2.24, 2.45) is 0 Å². The van der Waals surface area contributed by atoms with E-state index in [1.165, 1.54) is 6.08 Å². The Balaban J connectivity index is 1.76. The van der Waals surface area contributed by atoms with Gasteiger partial charge in [0.25, 0.3) is 0 Å². The summed E-state index contributed by atoms with van der Waals surface area (Å²) in [4.78, 5) is 34.4. The predicted octanol–water partition coefficient (Wildman–Crippen LogP) is 4.59. The summed E-state index contributed by atoms with van der Waals surface area (Å²) >= 11 is 3.42. The second-order valence-electron chi connectivity index (χ2n) is 6.11. The molecule has 0 unspecified atom stereocenters. The third kappa shape index (κ3) is 3.31. The summed E-state index contributed by atoms with van der Waals surface area (Å²) in [6.45, 7) is 1.72. The van der Waals surface area contributed by atoms with Gasteiger partial charge in [-0.2, -0.15) is 0 Å². The van der Waals surface area contributed by atoms with Gasteiger partial charge in [-0.3, -0.25) is 9.59 Å². The van der Waals surface area contributed by atoms with E-state index in [0.717, 1.165) is 15.7 Å². The molecule has 5 nitrogen and oxygen atoms in total. The summed E-state index contributed by atoms with van der Waals surface area (Å²) in [6, 6.07) is 16.7. The van der Waals surface area contributed by atoms with Crippen molar-refractivity contribution in [3.05, 3.63) is 87.8 Å². The SMILES string of the molecule is Cc1nc(-c2cccc(Br)c2)nc2c1C(=O)C(Nc1ccccc1)=CC2=O. The van der Waals surface area contributed by atoms with Crippen molar-refractivity contribution in [1.82, 2.24) is 9.97 Å². The minimum atomic E-state index is -0.315. The number of allylic oxidation sites excluding steroid dienone is 2. The lowest BCUT2D eigenvalue weighted by Gasteiger charge is -2.18. The lowest BCUT2D eigenvalue weighted by Crippen LogP contribution is -2.25. The number of ketones is 2. The van der Waals surface area contributed by atoms with E-state index in [2.05, 4.69) is 31.2 Å². The Morgan fingerprint density at radius 1 is 0.963 bits per heavy atom. The Labute approximate surface area is 164 Å². The summed E-state index contributed by atoms with van der Waals surface area (Å²) in [5, 5.41) is 3.01. The van der Waals surface area contributed by atoms with E-state index >= 15 is 0 Å². The Morgan fingerprint density at radius 3 is 2.48 bits per heavy atom. The number of halogens is 1. The number of nitrogens with zero attached hydrogens (tertiary/aromatic N) is 2. The third-order valence-corrected chi connectivity index (χ3v) is 4.70. The molecule has 0 atom stereocenters. The van der Waals surface area contributed by atoms with E-state index in [1.54, 1.807) is 6.92 Å². The zero-order chi connectivity index (χ0) is 19.0. The van der Waals surface area contributed by atoms with Crippen molar-refractivity contribution >= 4 is 33.2 Å². The van der Waals surface area contributed by atoms with Crippen LogP contribution < -0.4 is 5.32 Å². The van der Waals surface area contributed by atoms with Crippen LogP contribution in [0.4, 0.5) is 5.69 Å². The number of rotatable bonds is 3. The number of hydrogen-bond acceptors (Lipinski definition) is 5. The molecule has 0 aliphatic heterocycles. The van der Waals surface area contributed by atoms with Crippen LogP contribution in [0.25, 0.3) is 11.4 Å². The molecule has 1 N–H and O–H groups in total. The molecule has 4 rings (SSSR count). The normalized spacial score (nSPS) is 13.2. The molecule has 0 amide bonds. The Hall–Kier alpha value is -3.12. The van der Waals surface area contributed by atoms with Crippen molar-refractivity contribution < 1.29 is 9.59 Å². The summed E-state index contributed by atoms with van der Waals surface area (Å²) in [7, 11) is 0. The number of anilines is 1. The highest BCUT2D eigenvalue weighted by molar-refractivity contribution is 9.10. The van der Waals surface area contributed by atoms with Crippen LogP contribution in [0.1, 0.15) is 26.5 Å². The number of nitrogens with one attached hydrogen (secondary N) is 1. The molecule has 2 aromatic carbocycles. The van der Waals surface area contributed by atoms with Gasteiger partial charge in [0.2, 0.25) is 11.6 Å². The van der Waals surface area contributed by atoms with Gasteiger partial charge in [0.1, 0.15) is 5.69 Å². The second kappa shape index (κ2) is 6.89. The highest BCUT2D eigenvalue weighted by atomic mass is 79.9. The smallest absolute Gasteiger partial charge is 0.213 e. The van der Waals surface area contributed by atoms with E-state index in [4.69, 9.17) is 0 Å². The fourth-order valence-electron chi connectivity index (χ4n) is 2.95. The zero-order valence-corrected chi connectivity index (χ0v) is 15.9. The van der Waals surface area contributed by atoms with Gasteiger partial charge >= 0.3 is 0 Å². The van der Waals surface area contributed by atoms with Crippen molar-refractivity contribution in [2.45, 2.75) is 6.92 Å². The molecular weight excluding hydrogens is 406 g/mol. The zero-order valence-electron chi connectivity index (χ0n) is 14.4. The maximum absolute atomic E-state index is 12.9. The van der Waals surface area contributed by atoms with Crippen LogP contribution in [0, 0.1) is 6.92 Å². The van der Waals surface area contributed by atoms with Gasteiger partial charge in [-0.15, -0.1) is 0 Å². The van der Waals surface area contributed by atoms with Crippen molar-refractivity contribution in [1.29, 1.82) is 0 Å². The van der Waals surface area contributed by atoms with Gasteiger partial charge in [-0.25, -0.2) is 9.97 Å². The molecule has 0 fully saturated rings. The van der Waals surface area contributed by atoms with Crippen LogP contribution in [-0.4, -0.2) is 21.5 Å². The number of para-hydroxylation sites is 1. The number of hydrogen-bond donors (Lipinski definition) is 1. The van der Waals surface area contributed by atoms with E-state index in [1.807, 2.05) is 54.6 Å². The minimum absolute atomic E-state index is 0.140. The highest BCUT2D eigenvalue weighted by Crippen LogP contribution is 2.27. The van der Waals surface area contributed by atoms with Gasteiger partial charge in [0.15, 0.2) is 5.82 Å². The molecule has 1 aliphatic carbocycles. The Kier molecular flexibility index (Phi) is 4.41. The Morgan fingerprint density at radius 2 is 1.74 bits per heavy atom. The average molecular weight is 420 g/mol. The van der Waals surface area contributed by atoms with Crippen LogP contribution in [0.2, 0.25) is 0 Å². The molecule has 27 heavy (non-hydrogen) atoms. The number of Topliss-reactive ketones (excluding diaryl/α,β-unsaturated/α-hetero) is 1. The standard InChI is InChI=1S/C21H14BrN3O2/c1-12-18-19(25-21(23-12)13-6-5-7-14(22)10-13)17(26)11-16(20(18)27)24-15-8-3-2-4-9-15/h2-11,24H,1H3. The molecule has 1 aliphatic rings. The molecule has 1 heterocycles. The molecule has 0 saturated carbocycles. The second-order valence-corrected chi connectivity index (χ2v) is 7.02. The summed E-state index contributed by atoms with van der Waals surface area (Å²) in [5.74, 6) is -0.182. The molecule has 132 valence electrons. The molecule has 0 bridgehead atoms. The van der Waals surface area contributed by atoms with E-state index in [9.17, 15) is 9.59 Å². The number of carbonyl (C=O) groups is 2. The van der Waals surface area contributed by atoms with E-state index < -0.39 is 0 Å². The first-order chi connectivity index (χ1) is 13.0. The van der Waals surface area contributed by atoms with Crippen molar-refractivity contribution in [3.8, 4) is 11.4 Å². The fraction of sp³-hybridized carbons (Fsp3) is 0.0476. The van der Waals surface area contributed by atoms with Crippen LogP contribution >= 0.6 is 15.9 Å². The van der Waals surface area contributed by atoms with Gasteiger partial charge < -0.3 is 5.32 Å². The maximum atomic E-state index is 12.9. The molecule has 3 aromatic rings. The monoisotopic (exact) mass is 419 g/mol. The molecular formula is C21H14BrN3O2. The molecule has 0 saturated heterocycles. The van der Waals surface area contributed by atoms with Gasteiger partial charge in [0, 0.05) is 21.8 Å². The molecule has 0 spiro atoms. The summed E-state index contributed by atoms with van der Waals surface area (Å²) < 4.78 is 0.885. The summed E-state index contributed by atoms with van der Waals surface area (Å²) in [5.41, 5.74) is 2.60. The van der Waals surface area contributed by atoms with Crippen molar-refractivity contribution in [3.63, 3.8) is 0 Å². The van der Waals surface area contributed by atoms with Crippen LogP contribution in [-0.2, 0) is 0 Å². The highest BCUT2D eigenvalue weighted by Gasteiger charge is 2.30. The van der Waals surface area contributed by atoms with Crippen molar-refractivity contribution in [2.75, 3.05) is 5.32 Å². The molecule has 6 heteroatoms. The topological polar surface area (TPSA) is 72.0 Å². The van der Waals surface area contributed by atoms with E-state index in [-0.39, 0.29) is 28.5 Å². The number of aryl methyl sites for hydroxylation is 1. The van der Waals surface area contributed by atoms with Crippen LogP contribution in [0.3, 0.4) is 0 Å². The lowest BCUT2D eigenvalue weighted by molar-refractivity contribution is 0.0981. The fourth-order valence-corrected chi connectivity index (χ4v) is 3.35. The van der Waals surface area contributed by atoms with Crippen LogP contribution in [0.15, 0.2) is 70.8 Å². The first-order valence-corrected chi connectivity index (χ1v) is 9.09. The number of carbonyl (C=O) groups excluding carboxylic acids is 2.